The highest BCUT2D eigenvalue weighted by Crippen LogP contribution is 2.46. The van der Waals surface area contributed by atoms with Gasteiger partial charge in [-0.2, -0.15) is 34.8 Å². The largest absolute Gasteiger partial charge is 0.534 e. The third-order valence-corrected chi connectivity index (χ3v) is 3.62. The van der Waals surface area contributed by atoms with Crippen LogP contribution in [0.25, 0.3) is 0 Å². The van der Waals surface area contributed by atoms with Gasteiger partial charge in [-0.25, -0.2) is 4.79 Å². The maximum atomic E-state index is 12.9. The van der Waals surface area contributed by atoms with Crippen molar-refractivity contribution in [3.8, 4) is 0 Å². The molecule has 0 amide bonds. The first-order valence-electron chi connectivity index (χ1n) is 5.81. The number of carbonyl (C=O) groups excluding carboxylic acids is 1. The number of carbonyl (C=O) groups is 1. The SMILES string of the molecule is CCOC(=O)C1=C(OS(=O)(=O)C(F)(F)F)C[C@](C)(C(F)(F)F)O1. The zero-order valence-corrected chi connectivity index (χ0v) is 12.4. The van der Waals surface area contributed by atoms with Crippen molar-refractivity contribution in [2.75, 3.05) is 6.61 Å². The van der Waals surface area contributed by atoms with E-state index >= 15 is 0 Å². The van der Waals surface area contributed by atoms with Crippen molar-refractivity contribution in [1.29, 1.82) is 0 Å². The Labute approximate surface area is 126 Å². The molecule has 13 heteroatoms. The van der Waals surface area contributed by atoms with Crippen molar-refractivity contribution in [3.05, 3.63) is 11.5 Å². The highest BCUT2D eigenvalue weighted by atomic mass is 32.2. The molecule has 0 radical (unpaired) electrons. The average molecular weight is 372 g/mol. The molecule has 6 nitrogen and oxygen atoms in total. The molecule has 0 aromatic heterocycles. The molecule has 0 bridgehead atoms. The Hall–Kier alpha value is -1.66. The van der Waals surface area contributed by atoms with Crippen LogP contribution in [0.4, 0.5) is 26.3 Å². The average Bonchev–Trinajstić information content (AvgIpc) is 2.65. The molecule has 0 N–H and O–H groups in total. The van der Waals surface area contributed by atoms with Crippen molar-refractivity contribution < 1.29 is 53.2 Å². The minimum absolute atomic E-state index is 0.340. The molecule has 1 aliphatic rings. The van der Waals surface area contributed by atoms with Crippen LogP contribution in [-0.4, -0.2) is 38.3 Å². The summed E-state index contributed by atoms with van der Waals surface area (Å²) in [5, 5.41) is 0. The molecule has 0 saturated heterocycles. The molecule has 0 fully saturated rings. The molecule has 1 rings (SSSR count). The Morgan fingerprint density at radius 3 is 2.17 bits per heavy atom. The second-order valence-corrected chi connectivity index (χ2v) is 6.00. The van der Waals surface area contributed by atoms with Crippen LogP contribution >= 0.6 is 0 Å². The summed E-state index contributed by atoms with van der Waals surface area (Å²) in [4.78, 5) is 11.5. The summed E-state index contributed by atoms with van der Waals surface area (Å²) < 4.78 is 110. The van der Waals surface area contributed by atoms with Gasteiger partial charge in [0.05, 0.1) is 13.0 Å². The number of hydrogen-bond donors (Lipinski definition) is 0. The molecule has 134 valence electrons. The van der Waals surface area contributed by atoms with Crippen molar-refractivity contribution >= 4 is 16.1 Å². The summed E-state index contributed by atoms with van der Waals surface area (Å²) in [5.41, 5.74) is -9.03. The lowest BCUT2D eigenvalue weighted by Crippen LogP contribution is -2.42. The van der Waals surface area contributed by atoms with Gasteiger partial charge >= 0.3 is 27.8 Å². The van der Waals surface area contributed by atoms with E-state index in [1.165, 1.54) is 6.92 Å². The summed E-state index contributed by atoms with van der Waals surface area (Å²) in [5.74, 6) is -4.38. The fourth-order valence-electron chi connectivity index (χ4n) is 1.46. The van der Waals surface area contributed by atoms with Gasteiger partial charge in [-0.15, -0.1) is 0 Å². The Morgan fingerprint density at radius 2 is 1.78 bits per heavy atom. The number of rotatable bonds is 4. The minimum Gasteiger partial charge on any atom is -0.468 e. The van der Waals surface area contributed by atoms with Crippen LogP contribution < -0.4 is 0 Å². The summed E-state index contributed by atoms with van der Waals surface area (Å²) in [6.07, 6.45) is -6.56. The van der Waals surface area contributed by atoms with Crippen LogP contribution in [0.5, 0.6) is 0 Å². The standard InChI is InChI=1S/C10H10F6O6S/c1-3-20-7(17)6-5(22-23(18,19)10(14,15)16)4-8(2,21-6)9(11,12)13/h3-4H2,1-2H3/t8-/m1/s1. The lowest BCUT2D eigenvalue weighted by atomic mass is 10.0. The lowest BCUT2D eigenvalue weighted by Gasteiger charge is -2.26. The molecule has 23 heavy (non-hydrogen) atoms. The number of esters is 1. The quantitative estimate of drug-likeness (QED) is 0.326. The van der Waals surface area contributed by atoms with Gasteiger partial charge < -0.3 is 13.7 Å². The number of hydrogen-bond acceptors (Lipinski definition) is 6. The fourth-order valence-corrected chi connectivity index (χ4v) is 1.96. The van der Waals surface area contributed by atoms with Gasteiger partial charge in [-0.05, 0) is 13.8 Å². The van der Waals surface area contributed by atoms with Gasteiger partial charge in [0.2, 0.25) is 11.4 Å². The molecule has 0 aromatic rings. The maximum Gasteiger partial charge on any atom is 0.534 e. The molecule has 0 unspecified atom stereocenters. The van der Waals surface area contributed by atoms with E-state index in [-0.39, 0.29) is 6.61 Å². The highest BCUT2D eigenvalue weighted by molar-refractivity contribution is 7.87. The zero-order chi connectivity index (χ0) is 18.3. The Kier molecular flexibility index (Phi) is 4.86. The topological polar surface area (TPSA) is 78.9 Å². The van der Waals surface area contributed by atoms with Gasteiger partial charge in [-0.3, -0.25) is 0 Å². The third kappa shape index (κ3) is 3.82. The second kappa shape index (κ2) is 5.76. The van der Waals surface area contributed by atoms with Crippen LogP contribution in [0.3, 0.4) is 0 Å². The van der Waals surface area contributed by atoms with Crippen LogP contribution in [0, 0.1) is 0 Å². The van der Waals surface area contributed by atoms with E-state index < -0.39 is 51.3 Å². The Morgan fingerprint density at radius 1 is 1.26 bits per heavy atom. The zero-order valence-electron chi connectivity index (χ0n) is 11.5. The monoisotopic (exact) mass is 372 g/mol. The van der Waals surface area contributed by atoms with Gasteiger partial charge in [-0.1, -0.05) is 0 Å². The van der Waals surface area contributed by atoms with Crippen LogP contribution in [0.15, 0.2) is 11.5 Å². The smallest absolute Gasteiger partial charge is 0.468 e. The molecule has 0 saturated carbocycles. The van der Waals surface area contributed by atoms with Crippen molar-refractivity contribution in [2.24, 2.45) is 0 Å². The molecule has 0 aromatic carbocycles. The highest BCUT2D eigenvalue weighted by Gasteiger charge is 2.61. The minimum atomic E-state index is -6.27. The van der Waals surface area contributed by atoms with Crippen molar-refractivity contribution in [1.82, 2.24) is 0 Å². The second-order valence-electron chi connectivity index (χ2n) is 4.46. The molecular weight excluding hydrogens is 362 g/mol. The molecular formula is C10H10F6O6S. The Bertz CT molecular complexity index is 619. The van der Waals surface area contributed by atoms with Crippen LogP contribution in [0.1, 0.15) is 20.3 Å². The van der Waals surface area contributed by atoms with Crippen LogP contribution in [-0.2, 0) is 28.6 Å². The predicted molar refractivity (Wildman–Crippen MR) is 59.9 cm³/mol. The molecule has 1 heterocycles. The van der Waals surface area contributed by atoms with E-state index in [4.69, 9.17) is 0 Å². The first kappa shape index (κ1) is 19.4. The molecule has 1 atom stereocenters. The first-order valence-corrected chi connectivity index (χ1v) is 7.22. The predicted octanol–water partition coefficient (Wildman–Crippen LogP) is 2.37. The van der Waals surface area contributed by atoms with E-state index in [1.54, 1.807) is 0 Å². The van der Waals surface area contributed by atoms with E-state index in [9.17, 15) is 39.6 Å². The number of halogens is 6. The van der Waals surface area contributed by atoms with E-state index in [0.717, 1.165) is 0 Å². The van der Waals surface area contributed by atoms with Gasteiger partial charge in [0.1, 0.15) is 0 Å². The molecule has 0 spiro atoms. The van der Waals surface area contributed by atoms with E-state index in [2.05, 4.69) is 13.7 Å². The van der Waals surface area contributed by atoms with Crippen molar-refractivity contribution in [3.63, 3.8) is 0 Å². The summed E-state index contributed by atoms with van der Waals surface area (Å²) in [6, 6.07) is 0. The third-order valence-electron chi connectivity index (χ3n) is 2.63. The Balaban J connectivity index is 3.26. The molecule has 1 aliphatic heterocycles. The normalized spacial score (nSPS) is 22.8. The van der Waals surface area contributed by atoms with Gasteiger partial charge in [0.15, 0.2) is 5.76 Å². The van der Waals surface area contributed by atoms with Crippen molar-refractivity contribution in [2.45, 2.75) is 37.6 Å². The van der Waals surface area contributed by atoms with E-state index in [0.29, 0.717) is 6.92 Å². The lowest BCUT2D eigenvalue weighted by molar-refractivity contribution is -0.252. The van der Waals surface area contributed by atoms with Crippen LogP contribution in [0.2, 0.25) is 0 Å². The maximum absolute atomic E-state index is 12.9. The number of ether oxygens (including phenoxy) is 2. The van der Waals surface area contributed by atoms with Gasteiger partial charge in [0.25, 0.3) is 0 Å². The fraction of sp³-hybridized carbons (Fsp3) is 0.700. The van der Waals surface area contributed by atoms with E-state index in [1.807, 2.05) is 0 Å². The number of alkyl halides is 6. The first-order chi connectivity index (χ1) is 10.1. The molecule has 0 aliphatic carbocycles. The summed E-state index contributed by atoms with van der Waals surface area (Å²) >= 11 is 0. The summed E-state index contributed by atoms with van der Waals surface area (Å²) in [7, 11) is -6.27. The van der Waals surface area contributed by atoms with Gasteiger partial charge in [0, 0.05) is 0 Å². The summed E-state index contributed by atoms with van der Waals surface area (Å²) in [6.45, 7) is 1.35.